The van der Waals surface area contributed by atoms with E-state index in [2.05, 4.69) is 12.7 Å². The van der Waals surface area contributed by atoms with E-state index in [0.717, 1.165) is 42.4 Å². The molecule has 0 spiro atoms. The van der Waals surface area contributed by atoms with Gasteiger partial charge < -0.3 is 34.0 Å². The zero-order valence-corrected chi connectivity index (χ0v) is 34.1. The molecule has 1 saturated carbocycles. The Bertz CT molecular complexity index is 1950. The van der Waals surface area contributed by atoms with Crippen LogP contribution in [0.1, 0.15) is 82.3 Å². The maximum Gasteiger partial charge on any atom is 0.410 e. The second kappa shape index (κ2) is 20.6. The van der Waals surface area contributed by atoms with Gasteiger partial charge in [0.25, 0.3) is 5.69 Å². The predicted molar refractivity (Wildman–Crippen MR) is 223 cm³/mol. The summed E-state index contributed by atoms with van der Waals surface area (Å²) in [4.78, 5) is 33.1. The third-order valence-corrected chi connectivity index (χ3v) is 11.5. The summed E-state index contributed by atoms with van der Waals surface area (Å²) in [6.45, 7) is 8.94. The number of carbonyl (C=O) groups excluding carboxylic acids is 1. The van der Waals surface area contributed by atoms with Crippen molar-refractivity contribution in [3.63, 3.8) is 0 Å². The van der Waals surface area contributed by atoms with Gasteiger partial charge in [-0.15, -0.1) is 6.58 Å². The number of amides is 1. The highest BCUT2D eigenvalue weighted by Gasteiger charge is 2.65. The van der Waals surface area contributed by atoms with Gasteiger partial charge in [0.15, 0.2) is 0 Å². The summed E-state index contributed by atoms with van der Waals surface area (Å²) >= 11 is 0. The van der Waals surface area contributed by atoms with Crippen LogP contribution in [0.3, 0.4) is 0 Å². The van der Waals surface area contributed by atoms with Crippen molar-refractivity contribution in [2.45, 2.75) is 89.6 Å². The Hall–Kier alpha value is -5.24. The van der Waals surface area contributed by atoms with Gasteiger partial charge in [0.05, 0.1) is 29.2 Å². The van der Waals surface area contributed by atoms with Crippen molar-refractivity contribution in [3.05, 3.63) is 118 Å². The van der Waals surface area contributed by atoms with Crippen molar-refractivity contribution in [3.8, 4) is 17.2 Å². The molecule has 59 heavy (non-hydrogen) atoms. The molecule has 13 nitrogen and oxygen atoms in total. The van der Waals surface area contributed by atoms with E-state index >= 15 is 0 Å². The van der Waals surface area contributed by atoms with E-state index in [0.29, 0.717) is 55.4 Å². The Morgan fingerprint density at radius 1 is 1.02 bits per heavy atom. The fraction of sp³-hybridized carbons (Fsp3) is 0.478. The van der Waals surface area contributed by atoms with Crippen molar-refractivity contribution in [2.75, 3.05) is 33.0 Å². The van der Waals surface area contributed by atoms with Crippen molar-refractivity contribution in [1.82, 2.24) is 4.90 Å². The van der Waals surface area contributed by atoms with Gasteiger partial charge in [0.2, 0.25) is 5.79 Å². The zero-order valence-electron chi connectivity index (χ0n) is 34.1. The second-order valence-corrected chi connectivity index (χ2v) is 15.3. The number of hydrogen-bond acceptors (Lipinski definition) is 11. The number of rotatable bonds is 21. The Morgan fingerprint density at radius 3 is 2.49 bits per heavy atom. The number of oxime groups is 1. The normalized spacial score (nSPS) is 23.6. The van der Waals surface area contributed by atoms with Gasteiger partial charge in [-0.1, -0.05) is 73.5 Å². The van der Waals surface area contributed by atoms with Crippen LogP contribution in [0, 0.1) is 27.9 Å². The predicted octanol–water partition coefficient (Wildman–Crippen LogP) is 9.09. The van der Waals surface area contributed by atoms with Gasteiger partial charge >= 0.3 is 6.09 Å². The van der Waals surface area contributed by atoms with Crippen molar-refractivity contribution < 1.29 is 43.7 Å². The number of allylic oxidation sites excluding steroid dienone is 1. The molecule has 2 aliphatic carbocycles. The molecule has 6 rings (SSSR count). The van der Waals surface area contributed by atoms with E-state index in [-0.39, 0.29) is 56.3 Å². The average molecular weight is 812 g/mol. The Balaban J connectivity index is 1.55. The first kappa shape index (κ1) is 43.3. The van der Waals surface area contributed by atoms with Crippen molar-refractivity contribution >= 4 is 17.5 Å². The molecule has 0 aromatic heterocycles. The lowest BCUT2D eigenvalue weighted by Crippen LogP contribution is -2.70. The second-order valence-electron chi connectivity index (χ2n) is 15.3. The molecule has 3 aromatic rings. The van der Waals surface area contributed by atoms with Gasteiger partial charge in [-0.3, -0.25) is 15.0 Å². The maximum absolute atomic E-state index is 14.4. The number of ether oxygens (including phenoxy) is 4. The topological polar surface area (TPSA) is 162 Å². The Kier molecular flexibility index (Phi) is 15.2. The molecule has 0 bridgehead atoms. The number of aliphatic hydroxyl groups excluding tert-OH is 2. The largest absolute Gasteiger partial charge is 0.459 e. The summed E-state index contributed by atoms with van der Waals surface area (Å²) in [7, 11) is 0. The molecule has 1 aliphatic heterocycles. The molecular formula is C46H57N3O10. The van der Waals surface area contributed by atoms with E-state index < -0.39 is 28.8 Å². The van der Waals surface area contributed by atoms with Gasteiger partial charge in [-0.05, 0) is 86.3 Å². The Morgan fingerprint density at radius 2 is 1.78 bits per heavy atom. The van der Waals surface area contributed by atoms with E-state index in [4.69, 9.17) is 28.9 Å². The maximum atomic E-state index is 14.4. The van der Waals surface area contributed by atoms with Crippen LogP contribution < -0.4 is 9.47 Å². The smallest absolute Gasteiger partial charge is 0.410 e. The molecule has 1 amide bonds. The highest BCUT2D eigenvalue weighted by atomic mass is 16.7. The van der Waals surface area contributed by atoms with Crippen LogP contribution in [0.5, 0.6) is 17.2 Å². The summed E-state index contributed by atoms with van der Waals surface area (Å²) in [5, 5.41) is 36.1. The lowest BCUT2D eigenvalue weighted by Gasteiger charge is -2.59. The molecule has 1 fully saturated rings. The minimum absolute atomic E-state index is 0.00756. The lowest BCUT2D eigenvalue weighted by molar-refractivity contribution is -0.384. The molecule has 316 valence electrons. The molecule has 3 aromatic carbocycles. The number of unbranched alkanes of at least 4 members (excludes halogenated alkanes) is 2. The van der Waals surface area contributed by atoms with E-state index in [1.54, 1.807) is 29.2 Å². The third kappa shape index (κ3) is 9.80. The number of hydrogen-bond donors (Lipinski definition) is 2. The van der Waals surface area contributed by atoms with Crippen molar-refractivity contribution in [2.24, 2.45) is 22.9 Å². The van der Waals surface area contributed by atoms with E-state index in [1.165, 1.54) is 12.1 Å². The molecule has 0 radical (unpaired) electrons. The fourth-order valence-corrected chi connectivity index (χ4v) is 9.07. The Labute approximate surface area is 346 Å². The summed E-state index contributed by atoms with van der Waals surface area (Å²) in [5.74, 6) is -0.796. The molecule has 2 N–H and O–H groups in total. The number of aliphatic hydroxyl groups is 2. The molecular weight excluding hydrogens is 755 g/mol. The molecule has 0 unspecified atom stereocenters. The van der Waals surface area contributed by atoms with Crippen molar-refractivity contribution in [1.29, 1.82) is 0 Å². The molecule has 0 saturated heterocycles. The number of fused-ring (bicyclic) bond motifs is 2. The summed E-state index contributed by atoms with van der Waals surface area (Å²) in [6, 6.07) is 20.5. The van der Waals surface area contributed by atoms with Crippen LogP contribution in [0.2, 0.25) is 0 Å². The zero-order chi connectivity index (χ0) is 41.8. The average Bonchev–Trinajstić information content (AvgIpc) is 3.25. The number of nitrogens with zero attached hydrogens (tertiary/aromatic N) is 3. The van der Waals surface area contributed by atoms with Crippen LogP contribution in [-0.2, 0) is 20.9 Å². The summed E-state index contributed by atoms with van der Waals surface area (Å²) < 4.78 is 26.6. The minimum Gasteiger partial charge on any atom is -0.459 e. The van der Waals surface area contributed by atoms with Gasteiger partial charge in [-0.25, -0.2) is 4.79 Å². The van der Waals surface area contributed by atoms with Crippen LogP contribution >= 0.6 is 0 Å². The summed E-state index contributed by atoms with van der Waals surface area (Å²) in [6.07, 6.45) is 8.78. The summed E-state index contributed by atoms with van der Waals surface area (Å²) in [5.41, 5.74) is 3.25. The number of carbonyl (C=O) groups is 1. The number of non-ortho nitro benzene ring substituents is 1. The standard InChI is InChI=1S/C46H57N3O10/c1-4-23-48(45(52)55-31-32-15-8-7-9-16-32)42-30-40(47-57-6-3)38-27-33(17-10-12-24-50)37(20-11-13-25-51)43-39-29-36(58-35-19-14-18-34(28-35)49(53)54)21-22-41(39)59-46(42,44(38)43)56-26-5-2/h5,7-9,14-16,18-19,21-22,27-29,33,37,42-44,50-51H,2,4,6,10-13,17,20,23-26,30-31H2,1,3H3/t33-,37+,42-,43+,44+,46+/m0/s1. The first-order valence-corrected chi connectivity index (χ1v) is 20.9. The SMILES string of the molecule is C=CCO[C@@]12Oc3ccc(Oc4cccc([N+](=O)[O-])c4)cc3[C@H]3[C@H](CCCCO)[C@@H](CCCCO)C=C(C(=NOCC)C[C@@H]1N(CCC)C(=O)OCc1ccccc1)[C@H]32. The first-order valence-electron chi connectivity index (χ1n) is 20.9. The minimum atomic E-state index is -1.43. The van der Waals surface area contributed by atoms with E-state index in [9.17, 15) is 25.1 Å². The molecule has 3 aliphatic rings. The van der Waals surface area contributed by atoms with Crippen LogP contribution in [0.15, 0.2) is 102 Å². The van der Waals surface area contributed by atoms with Crippen LogP contribution in [0.4, 0.5) is 10.5 Å². The first-order chi connectivity index (χ1) is 28.8. The molecule has 1 heterocycles. The highest BCUT2D eigenvalue weighted by Crippen LogP contribution is 2.62. The van der Waals surface area contributed by atoms with Crippen LogP contribution in [0.25, 0.3) is 0 Å². The van der Waals surface area contributed by atoms with Gasteiger partial charge in [0, 0.05) is 43.7 Å². The third-order valence-electron chi connectivity index (χ3n) is 11.5. The quantitative estimate of drug-likeness (QED) is 0.0459. The number of benzene rings is 3. The van der Waals surface area contributed by atoms with Gasteiger partial charge in [0.1, 0.15) is 36.5 Å². The lowest BCUT2D eigenvalue weighted by atomic mass is 9.55. The monoisotopic (exact) mass is 811 g/mol. The molecule has 6 atom stereocenters. The fourth-order valence-electron chi connectivity index (χ4n) is 9.07. The highest BCUT2D eigenvalue weighted by molar-refractivity contribution is 6.03. The number of nitro groups is 1. The van der Waals surface area contributed by atoms with E-state index in [1.807, 2.05) is 56.3 Å². The molecule has 13 heteroatoms. The number of nitro benzene ring substituents is 1. The van der Waals surface area contributed by atoms with Gasteiger partial charge in [-0.2, -0.15) is 0 Å². The van der Waals surface area contributed by atoms with Crippen LogP contribution in [-0.4, -0.2) is 76.6 Å².